The lowest BCUT2D eigenvalue weighted by molar-refractivity contribution is -0.137. The van der Waals surface area contributed by atoms with E-state index in [1.54, 1.807) is 36.4 Å². The Morgan fingerprint density at radius 2 is 1.88 bits per heavy atom. The topological polar surface area (TPSA) is 58.5 Å². The zero-order valence-electron chi connectivity index (χ0n) is 13.1. The van der Waals surface area contributed by atoms with Gasteiger partial charge in [-0.05, 0) is 35.4 Å². The number of hydrogen-bond acceptors (Lipinski definition) is 3. The number of benzene rings is 2. The third kappa shape index (κ3) is 4.76. The zero-order valence-corrected chi connectivity index (χ0v) is 13.1. The Hall–Kier alpha value is -2.96. The van der Waals surface area contributed by atoms with Crippen molar-refractivity contribution in [3.63, 3.8) is 0 Å². The molecule has 0 saturated carbocycles. The SMILES string of the molecule is C=CCC(C(=O)Nc1cc(N=O)cc(C(F)(F)F)c1)c1ccccc1. The molecule has 1 unspecified atom stereocenters. The number of alkyl halides is 3. The maximum Gasteiger partial charge on any atom is 0.416 e. The average molecular weight is 348 g/mol. The highest BCUT2D eigenvalue weighted by Crippen LogP contribution is 2.34. The molecule has 0 aliphatic carbocycles. The van der Waals surface area contributed by atoms with Crippen LogP contribution in [-0.4, -0.2) is 5.91 Å². The molecule has 0 saturated heterocycles. The minimum atomic E-state index is -4.65. The van der Waals surface area contributed by atoms with Gasteiger partial charge in [0, 0.05) is 5.69 Å². The minimum absolute atomic E-state index is 0.139. The molecule has 4 nitrogen and oxygen atoms in total. The van der Waals surface area contributed by atoms with E-state index in [9.17, 15) is 22.9 Å². The van der Waals surface area contributed by atoms with Crippen LogP contribution >= 0.6 is 0 Å². The summed E-state index contributed by atoms with van der Waals surface area (Å²) >= 11 is 0. The summed E-state index contributed by atoms with van der Waals surface area (Å²) in [6.07, 6.45) is -2.78. The number of nitrogens with zero attached hydrogens (tertiary/aromatic N) is 1. The molecule has 0 aromatic heterocycles. The highest BCUT2D eigenvalue weighted by Gasteiger charge is 2.32. The molecule has 0 heterocycles. The fraction of sp³-hybridized carbons (Fsp3) is 0.167. The maximum absolute atomic E-state index is 12.9. The highest BCUT2D eigenvalue weighted by molar-refractivity contribution is 5.96. The molecule has 1 atom stereocenters. The lowest BCUT2D eigenvalue weighted by atomic mass is 9.94. The van der Waals surface area contributed by atoms with Crippen molar-refractivity contribution in [3.05, 3.63) is 77.2 Å². The van der Waals surface area contributed by atoms with E-state index in [1.807, 2.05) is 0 Å². The van der Waals surface area contributed by atoms with E-state index in [4.69, 9.17) is 0 Å². The summed E-state index contributed by atoms with van der Waals surface area (Å²) in [7, 11) is 0. The molecule has 0 aliphatic heterocycles. The number of rotatable bonds is 6. The highest BCUT2D eigenvalue weighted by atomic mass is 19.4. The molecule has 7 heteroatoms. The van der Waals surface area contributed by atoms with Crippen LogP contribution in [0.5, 0.6) is 0 Å². The first-order valence-corrected chi connectivity index (χ1v) is 7.37. The third-order valence-electron chi connectivity index (χ3n) is 3.54. The van der Waals surface area contributed by atoms with E-state index < -0.39 is 29.3 Å². The molecule has 2 aromatic carbocycles. The molecule has 2 aromatic rings. The molecule has 1 amide bonds. The molecule has 0 fully saturated rings. The number of nitrogens with one attached hydrogen (secondary N) is 1. The van der Waals surface area contributed by atoms with Gasteiger partial charge in [0.25, 0.3) is 0 Å². The summed E-state index contributed by atoms with van der Waals surface area (Å²) in [4.78, 5) is 23.2. The van der Waals surface area contributed by atoms with E-state index >= 15 is 0 Å². The first-order valence-electron chi connectivity index (χ1n) is 7.37. The number of allylic oxidation sites excluding steroid dienone is 1. The monoisotopic (exact) mass is 348 g/mol. The summed E-state index contributed by atoms with van der Waals surface area (Å²) in [5, 5.41) is 4.96. The van der Waals surface area contributed by atoms with Crippen LogP contribution in [0, 0.1) is 4.91 Å². The fourth-order valence-electron chi connectivity index (χ4n) is 2.38. The van der Waals surface area contributed by atoms with Crippen molar-refractivity contribution in [1.29, 1.82) is 0 Å². The molecule has 0 aliphatic rings. The molecule has 0 spiro atoms. The second-order valence-corrected chi connectivity index (χ2v) is 5.33. The van der Waals surface area contributed by atoms with Crippen LogP contribution in [0.3, 0.4) is 0 Å². The van der Waals surface area contributed by atoms with E-state index in [-0.39, 0.29) is 5.69 Å². The fourth-order valence-corrected chi connectivity index (χ4v) is 2.38. The van der Waals surface area contributed by atoms with Crippen molar-refractivity contribution >= 4 is 17.3 Å². The van der Waals surface area contributed by atoms with Gasteiger partial charge in [0.1, 0.15) is 5.69 Å². The molecule has 25 heavy (non-hydrogen) atoms. The van der Waals surface area contributed by atoms with Crippen molar-refractivity contribution in [3.8, 4) is 0 Å². The van der Waals surface area contributed by atoms with E-state index in [1.165, 1.54) is 0 Å². The van der Waals surface area contributed by atoms with Crippen LogP contribution in [0.25, 0.3) is 0 Å². The van der Waals surface area contributed by atoms with Crippen LogP contribution in [0.1, 0.15) is 23.5 Å². The molecular weight excluding hydrogens is 333 g/mol. The van der Waals surface area contributed by atoms with Gasteiger partial charge in [0.2, 0.25) is 5.91 Å². The Labute approximate surface area is 142 Å². The van der Waals surface area contributed by atoms with Gasteiger partial charge < -0.3 is 5.32 Å². The summed E-state index contributed by atoms with van der Waals surface area (Å²) in [6, 6.07) is 11.3. The van der Waals surface area contributed by atoms with Crippen molar-refractivity contribution in [1.82, 2.24) is 0 Å². The maximum atomic E-state index is 12.9. The molecule has 0 radical (unpaired) electrons. The first-order chi connectivity index (χ1) is 11.8. The lowest BCUT2D eigenvalue weighted by Gasteiger charge is -2.17. The largest absolute Gasteiger partial charge is 0.416 e. The smallest absolute Gasteiger partial charge is 0.325 e. The number of carbonyl (C=O) groups excluding carboxylic acids is 1. The van der Waals surface area contributed by atoms with Crippen LogP contribution < -0.4 is 5.32 Å². The number of anilines is 1. The van der Waals surface area contributed by atoms with Crippen LogP contribution in [0.15, 0.2) is 66.4 Å². The molecule has 0 bridgehead atoms. The second kappa shape index (κ2) is 7.74. The number of hydrogen-bond donors (Lipinski definition) is 1. The van der Waals surface area contributed by atoms with Gasteiger partial charge >= 0.3 is 6.18 Å². The summed E-state index contributed by atoms with van der Waals surface area (Å²) < 4.78 is 38.7. The first kappa shape index (κ1) is 18.4. The van der Waals surface area contributed by atoms with Gasteiger partial charge in [-0.15, -0.1) is 11.5 Å². The Bertz CT molecular complexity index is 774. The van der Waals surface area contributed by atoms with Crippen molar-refractivity contribution in [2.45, 2.75) is 18.5 Å². The Morgan fingerprint density at radius 3 is 2.44 bits per heavy atom. The summed E-state index contributed by atoms with van der Waals surface area (Å²) in [5.41, 5.74) is -0.898. The molecule has 2 rings (SSSR count). The van der Waals surface area contributed by atoms with E-state index in [2.05, 4.69) is 17.1 Å². The number of halogens is 3. The lowest BCUT2D eigenvalue weighted by Crippen LogP contribution is -2.21. The zero-order chi connectivity index (χ0) is 18.4. The molecular formula is C18H15F3N2O2. The summed E-state index contributed by atoms with van der Waals surface area (Å²) in [5.74, 6) is -1.11. The van der Waals surface area contributed by atoms with Crippen molar-refractivity contribution in [2.24, 2.45) is 5.18 Å². The molecule has 1 N–H and O–H groups in total. The van der Waals surface area contributed by atoms with Crippen LogP contribution in [0.4, 0.5) is 24.5 Å². The van der Waals surface area contributed by atoms with Crippen LogP contribution in [-0.2, 0) is 11.0 Å². The van der Waals surface area contributed by atoms with Gasteiger partial charge in [0.15, 0.2) is 0 Å². The predicted octanol–water partition coefficient (Wildman–Crippen LogP) is 5.40. The number of amides is 1. The minimum Gasteiger partial charge on any atom is -0.325 e. The molecule has 130 valence electrons. The average Bonchev–Trinajstić information content (AvgIpc) is 2.59. The predicted molar refractivity (Wildman–Crippen MR) is 89.5 cm³/mol. The second-order valence-electron chi connectivity index (χ2n) is 5.33. The van der Waals surface area contributed by atoms with Crippen molar-refractivity contribution in [2.75, 3.05) is 5.32 Å². The number of carbonyl (C=O) groups is 1. The normalized spacial score (nSPS) is 12.3. The van der Waals surface area contributed by atoms with Gasteiger partial charge in [-0.3, -0.25) is 4.79 Å². The van der Waals surface area contributed by atoms with Gasteiger partial charge in [0.05, 0.1) is 11.5 Å². The van der Waals surface area contributed by atoms with Crippen molar-refractivity contribution < 1.29 is 18.0 Å². The Morgan fingerprint density at radius 1 is 1.20 bits per heavy atom. The quantitative estimate of drug-likeness (QED) is 0.561. The number of nitroso groups, excluding NO2 is 1. The standard InChI is InChI=1S/C18H15F3N2O2/c1-2-6-16(12-7-4-3-5-8-12)17(24)22-14-9-13(18(19,20)21)10-15(11-14)23-25/h2-5,7-11,16H,1,6H2,(H,22,24). The van der Waals surface area contributed by atoms with Gasteiger partial charge in [-0.1, -0.05) is 36.4 Å². The summed E-state index contributed by atoms with van der Waals surface area (Å²) in [6.45, 7) is 3.60. The third-order valence-corrected chi connectivity index (χ3v) is 3.54. The Kier molecular flexibility index (Phi) is 5.69. The van der Waals surface area contributed by atoms with E-state index in [0.29, 0.717) is 18.1 Å². The van der Waals surface area contributed by atoms with E-state index in [0.717, 1.165) is 12.1 Å². The van der Waals surface area contributed by atoms with Gasteiger partial charge in [-0.25, -0.2) is 0 Å². The van der Waals surface area contributed by atoms with Crippen LogP contribution in [0.2, 0.25) is 0 Å². The Balaban J connectivity index is 2.32. The van der Waals surface area contributed by atoms with Gasteiger partial charge in [-0.2, -0.15) is 13.2 Å².